The molecule has 0 aliphatic carbocycles. The van der Waals surface area contributed by atoms with Gasteiger partial charge in [-0.05, 0) is 41.8 Å². The number of rotatable bonds is 5. The number of hydrogen-bond donors (Lipinski definition) is 3. The lowest BCUT2D eigenvalue weighted by molar-refractivity contribution is -0.147. The minimum absolute atomic E-state index is 0.0182. The fourth-order valence-corrected chi connectivity index (χ4v) is 3.92. The lowest BCUT2D eigenvalue weighted by atomic mass is 10.0. The van der Waals surface area contributed by atoms with Gasteiger partial charge in [-0.3, -0.25) is 9.59 Å². The SMILES string of the molecule is O=C1N[C@H](Cc2ccc(O)cc2)C(=O)N2C[C@@H](NCc3cccc(F)c3)C[C@@H]12. The number of piperazine rings is 1. The highest BCUT2D eigenvalue weighted by atomic mass is 19.1. The van der Waals surface area contributed by atoms with E-state index in [0.29, 0.717) is 25.9 Å². The van der Waals surface area contributed by atoms with Gasteiger partial charge in [-0.1, -0.05) is 24.3 Å². The number of fused-ring (bicyclic) bond motifs is 1. The topological polar surface area (TPSA) is 81.7 Å². The van der Waals surface area contributed by atoms with Crippen LogP contribution in [0.25, 0.3) is 0 Å². The van der Waals surface area contributed by atoms with Gasteiger partial charge in [0.25, 0.3) is 0 Å². The van der Waals surface area contributed by atoms with Crippen molar-refractivity contribution in [3.05, 3.63) is 65.5 Å². The van der Waals surface area contributed by atoms with Crippen molar-refractivity contribution >= 4 is 11.8 Å². The van der Waals surface area contributed by atoms with Crippen molar-refractivity contribution < 1.29 is 19.1 Å². The zero-order chi connectivity index (χ0) is 19.7. The Hall–Kier alpha value is -2.93. The van der Waals surface area contributed by atoms with Gasteiger partial charge in [0.1, 0.15) is 23.7 Å². The van der Waals surface area contributed by atoms with E-state index in [1.807, 2.05) is 6.07 Å². The van der Waals surface area contributed by atoms with E-state index >= 15 is 0 Å². The molecule has 3 N–H and O–H groups in total. The van der Waals surface area contributed by atoms with Gasteiger partial charge in [-0.2, -0.15) is 0 Å². The number of phenolic OH excluding ortho intramolecular Hbond substituents is 1. The predicted octanol–water partition coefficient (Wildman–Crippen LogP) is 1.33. The average molecular weight is 383 g/mol. The maximum atomic E-state index is 13.3. The molecule has 28 heavy (non-hydrogen) atoms. The van der Waals surface area contributed by atoms with Gasteiger partial charge in [-0.15, -0.1) is 0 Å². The van der Waals surface area contributed by atoms with Gasteiger partial charge in [0, 0.05) is 25.6 Å². The molecule has 4 rings (SSSR count). The summed E-state index contributed by atoms with van der Waals surface area (Å²) in [5.74, 6) is -0.351. The molecule has 2 heterocycles. The Bertz CT molecular complexity index is 887. The second kappa shape index (κ2) is 7.59. The Balaban J connectivity index is 1.39. The number of nitrogens with zero attached hydrogens (tertiary/aromatic N) is 1. The molecular formula is C21H22FN3O3. The van der Waals surface area contributed by atoms with E-state index in [1.54, 1.807) is 35.2 Å². The number of hydrogen-bond acceptors (Lipinski definition) is 4. The van der Waals surface area contributed by atoms with Gasteiger partial charge in [-0.25, -0.2) is 4.39 Å². The summed E-state index contributed by atoms with van der Waals surface area (Å²) in [5.41, 5.74) is 1.70. The molecule has 2 aromatic rings. The summed E-state index contributed by atoms with van der Waals surface area (Å²) < 4.78 is 13.3. The van der Waals surface area contributed by atoms with Crippen molar-refractivity contribution in [1.29, 1.82) is 0 Å². The van der Waals surface area contributed by atoms with Crippen LogP contribution >= 0.6 is 0 Å². The summed E-state index contributed by atoms with van der Waals surface area (Å²) in [7, 11) is 0. The van der Waals surface area contributed by atoms with Crippen LogP contribution in [0.2, 0.25) is 0 Å². The van der Waals surface area contributed by atoms with Crippen molar-refractivity contribution in [2.45, 2.75) is 37.5 Å². The first-order chi connectivity index (χ1) is 13.5. The number of carbonyl (C=O) groups excluding carboxylic acids is 2. The van der Waals surface area contributed by atoms with Crippen LogP contribution in [0.4, 0.5) is 4.39 Å². The molecule has 0 saturated carbocycles. The fraction of sp³-hybridized carbons (Fsp3) is 0.333. The third kappa shape index (κ3) is 3.84. The van der Waals surface area contributed by atoms with Crippen LogP contribution in [-0.4, -0.2) is 46.5 Å². The molecule has 0 spiro atoms. The average Bonchev–Trinajstić information content (AvgIpc) is 3.11. The fourth-order valence-electron chi connectivity index (χ4n) is 3.92. The first kappa shape index (κ1) is 18.4. The van der Waals surface area contributed by atoms with Crippen LogP contribution in [0.5, 0.6) is 5.75 Å². The van der Waals surface area contributed by atoms with Gasteiger partial charge in [0.05, 0.1) is 0 Å². The first-order valence-electron chi connectivity index (χ1n) is 9.36. The van der Waals surface area contributed by atoms with E-state index < -0.39 is 12.1 Å². The first-order valence-corrected chi connectivity index (χ1v) is 9.36. The second-order valence-electron chi connectivity index (χ2n) is 7.38. The Morgan fingerprint density at radius 3 is 2.68 bits per heavy atom. The molecule has 2 amide bonds. The maximum absolute atomic E-state index is 13.3. The number of benzene rings is 2. The van der Waals surface area contributed by atoms with Gasteiger partial charge < -0.3 is 20.6 Å². The Morgan fingerprint density at radius 1 is 1.14 bits per heavy atom. The molecule has 2 aliphatic heterocycles. The zero-order valence-corrected chi connectivity index (χ0v) is 15.3. The normalized spacial score (nSPS) is 24.2. The van der Waals surface area contributed by atoms with Crippen LogP contribution in [0, 0.1) is 5.82 Å². The van der Waals surface area contributed by atoms with E-state index in [2.05, 4.69) is 10.6 Å². The summed E-state index contributed by atoms with van der Waals surface area (Å²) in [5, 5.41) is 15.5. The number of amides is 2. The molecule has 7 heteroatoms. The summed E-state index contributed by atoms with van der Waals surface area (Å²) in [6, 6.07) is 11.9. The molecule has 3 atom stereocenters. The Labute approximate surface area is 162 Å². The molecular weight excluding hydrogens is 361 g/mol. The third-order valence-electron chi connectivity index (χ3n) is 5.36. The minimum Gasteiger partial charge on any atom is -0.508 e. The van der Waals surface area contributed by atoms with Crippen molar-refractivity contribution in [1.82, 2.24) is 15.5 Å². The van der Waals surface area contributed by atoms with Gasteiger partial charge >= 0.3 is 0 Å². The number of carbonyl (C=O) groups is 2. The van der Waals surface area contributed by atoms with E-state index in [9.17, 15) is 19.1 Å². The van der Waals surface area contributed by atoms with Crippen LogP contribution in [-0.2, 0) is 22.6 Å². The van der Waals surface area contributed by atoms with Crippen molar-refractivity contribution in [2.24, 2.45) is 0 Å². The number of halogens is 1. The predicted molar refractivity (Wildman–Crippen MR) is 101 cm³/mol. The minimum atomic E-state index is -0.602. The van der Waals surface area contributed by atoms with E-state index in [0.717, 1.165) is 11.1 Å². The molecule has 0 radical (unpaired) electrons. The quantitative estimate of drug-likeness (QED) is 0.728. The van der Waals surface area contributed by atoms with E-state index in [4.69, 9.17) is 0 Å². The highest BCUT2D eigenvalue weighted by molar-refractivity contribution is 5.97. The molecule has 2 saturated heterocycles. The Kier molecular flexibility index (Phi) is 5.00. The van der Waals surface area contributed by atoms with Crippen LogP contribution in [0.1, 0.15) is 17.5 Å². The van der Waals surface area contributed by atoms with Crippen LogP contribution in [0.15, 0.2) is 48.5 Å². The molecule has 2 aliphatic rings. The number of phenols is 1. The molecule has 2 fully saturated rings. The highest BCUT2D eigenvalue weighted by Gasteiger charge is 2.46. The molecule has 0 bridgehead atoms. The lowest BCUT2D eigenvalue weighted by Gasteiger charge is -2.34. The molecule has 146 valence electrons. The molecule has 0 aromatic heterocycles. The van der Waals surface area contributed by atoms with Gasteiger partial charge in [0.2, 0.25) is 11.8 Å². The summed E-state index contributed by atoms with van der Waals surface area (Å²) in [6.07, 6.45) is 0.925. The second-order valence-corrected chi connectivity index (χ2v) is 7.38. The van der Waals surface area contributed by atoms with Crippen LogP contribution < -0.4 is 10.6 Å². The monoisotopic (exact) mass is 383 g/mol. The van der Waals surface area contributed by atoms with Crippen molar-refractivity contribution in [3.63, 3.8) is 0 Å². The molecule has 2 aromatic carbocycles. The summed E-state index contributed by atoms with van der Waals surface area (Å²) in [6.45, 7) is 0.939. The Morgan fingerprint density at radius 2 is 1.93 bits per heavy atom. The standard InChI is InChI=1S/C21H22FN3O3/c22-15-3-1-2-14(8-15)11-23-16-10-19-20(27)24-18(21(28)25(19)12-16)9-13-4-6-17(26)7-5-13/h1-8,16,18-19,23,26H,9-12H2,(H,24,27)/t16-,18+,19-/m0/s1. The van der Waals surface area contributed by atoms with Crippen LogP contribution in [0.3, 0.4) is 0 Å². The maximum Gasteiger partial charge on any atom is 0.246 e. The van der Waals surface area contributed by atoms with E-state index in [1.165, 1.54) is 12.1 Å². The lowest BCUT2D eigenvalue weighted by Crippen LogP contribution is -2.61. The van der Waals surface area contributed by atoms with E-state index in [-0.39, 0.29) is 29.4 Å². The zero-order valence-electron chi connectivity index (χ0n) is 15.3. The highest BCUT2D eigenvalue weighted by Crippen LogP contribution is 2.24. The largest absolute Gasteiger partial charge is 0.508 e. The number of nitrogens with one attached hydrogen (secondary N) is 2. The third-order valence-corrected chi connectivity index (χ3v) is 5.36. The molecule has 0 unspecified atom stereocenters. The summed E-state index contributed by atoms with van der Waals surface area (Å²) in [4.78, 5) is 27.0. The smallest absolute Gasteiger partial charge is 0.246 e. The summed E-state index contributed by atoms with van der Waals surface area (Å²) >= 11 is 0. The van der Waals surface area contributed by atoms with Crippen molar-refractivity contribution in [3.8, 4) is 5.75 Å². The molecule has 6 nitrogen and oxygen atoms in total. The van der Waals surface area contributed by atoms with Crippen molar-refractivity contribution in [2.75, 3.05) is 6.54 Å². The van der Waals surface area contributed by atoms with Gasteiger partial charge in [0.15, 0.2) is 0 Å². The number of aromatic hydroxyl groups is 1.